The van der Waals surface area contributed by atoms with E-state index in [1.165, 1.54) is 0 Å². The fourth-order valence-corrected chi connectivity index (χ4v) is 1.63. The molecule has 1 unspecified atom stereocenters. The molecule has 0 aromatic carbocycles. The Balaban J connectivity index is 2.39. The van der Waals surface area contributed by atoms with E-state index in [0.29, 0.717) is 18.9 Å². The molecule has 0 aliphatic carbocycles. The Morgan fingerprint density at radius 1 is 1.38 bits per heavy atom. The van der Waals surface area contributed by atoms with Crippen LogP contribution in [0, 0.1) is 5.92 Å². The first-order valence-electron chi connectivity index (χ1n) is 5.81. The first-order chi connectivity index (χ1) is 7.49. The first kappa shape index (κ1) is 13.1. The molecule has 1 rings (SSSR count). The number of aliphatic hydroxyl groups is 1. The third-order valence-electron chi connectivity index (χ3n) is 2.39. The minimum atomic E-state index is -0.698. The number of aromatic nitrogens is 1. The van der Waals surface area contributed by atoms with Gasteiger partial charge in [0.15, 0.2) is 0 Å². The first-order valence-corrected chi connectivity index (χ1v) is 5.81. The number of nitrogens with one attached hydrogen (secondary N) is 1. The summed E-state index contributed by atoms with van der Waals surface area (Å²) < 4.78 is 0. The van der Waals surface area contributed by atoms with Crippen LogP contribution < -0.4 is 5.32 Å². The molecule has 1 aromatic heterocycles. The molecule has 3 nitrogen and oxygen atoms in total. The summed E-state index contributed by atoms with van der Waals surface area (Å²) >= 11 is 0. The van der Waals surface area contributed by atoms with Crippen LogP contribution in [0.5, 0.6) is 0 Å². The maximum atomic E-state index is 10.2. The second-order valence-electron chi connectivity index (χ2n) is 5.05. The van der Waals surface area contributed by atoms with E-state index in [4.69, 9.17) is 0 Å². The smallest absolute Gasteiger partial charge is 0.0783 e. The third kappa shape index (κ3) is 5.24. The predicted molar refractivity (Wildman–Crippen MR) is 66.3 cm³/mol. The standard InChI is InChI=1S/C13H22N2O/c1-11(2)9-15-10-13(3,16)8-12-4-6-14-7-5-12/h4-7,11,15-16H,8-10H2,1-3H3. The average molecular weight is 222 g/mol. The Morgan fingerprint density at radius 2 is 2.00 bits per heavy atom. The molecule has 16 heavy (non-hydrogen) atoms. The summed E-state index contributed by atoms with van der Waals surface area (Å²) in [7, 11) is 0. The molecule has 1 atom stereocenters. The molecule has 2 N–H and O–H groups in total. The van der Waals surface area contributed by atoms with Gasteiger partial charge in [-0.15, -0.1) is 0 Å². The van der Waals surface area contributed by atoms with Crippen LogP contribution in [0.25, 0.3) is 0 Å². The molecule has 0 aliphatic heterocycles. The highest BCUT2D eigenvalue weighted by Crippen LogP contribution is 2.11. The zero-order valence-corrected chi connectivity index (χ0v) is 10.4. The van der Waals surface area contributed by atoms with Gasteiger partial charge >= 0.3 is 0 Å². The maximum absolute atomic E-state index is 10.2. The van der Waals surface area contributed by atoms with E-state index >= 15 is 0 Å². The van der Waals surface area contributed by atoms with Crippen molar-refractivity contribution in [3.05, 3.63) is 30.1 Å². The number of nitrogens with zero attached hydrogens (tertiary/aromatic N) is 1. The Bertz CT molecular complexity index is 296. The van der Waals surface area contributed by atoms with Crippen LogP contribution in [0.4, 0.5) is 0 Å². The zero-order valence-electron chi connectivity index (χ0n) is 10.4. The van der Waals surface area contributed by atoms with Gasteiger partial charge in [0.25, 0.3) is 0 Å². The third-order valence-corrected chi connectivity index (χ3v) is 2.39. The van der Waals surface area contributed by atoms with Crippen molar-refractivity contribution in [3.8, 4) is 0 Å². The molecule has 90 valence electrons. The lowest BCUT2D eigenvalue weighted by atomic mass is 9.97. The van der Waals surface area contributed by atoms with Crippen molar-refractivity contribution in [1.29, 1.82) is 0 Å². The van der Waals surface area contributed by atoms with E-state index < -0.39 is 5.60 Å². The molecule has 3 heteroatoms. The van der Waals surface area contributed by atoms with Gasteiger partial charge in [-0.25, -0.2) is 0 Å². The highest BCUT2D eigenvalue weighted by molar-refractivity contribution is 5.12. The molecular weight excluding hydrogens is 200 g/mol. The highest BCUT2D eigenvalue weighted by atomic mass is 16.3. The normalized spacial score (nSPS) is 15.1. The van der Waals surface area contributed by atoms with Crippen LogP contribution >= 0.6 is 0 Å². The van der Waals surface area contributed by atoms with Crippen LogP contribution in [0.1, 0.15) is 26.3 Å². The van der Waals surface area contributed by atoms with Gasteiger partial charge < -0.3 is 10.4 Å². The Kier molecular flexibility index (Phi) is 4.90. The van der Waals surface area contributed by atoms with Crippen molar-refractivity contribution in [2.45, 2.75) is 32.8 Å². The summed E-state index contributed by atoms with van der Waals surface area (Å²) in [4.78, 5) is 3.96. The molecule has 0 spiro atoms. The van der Waals surface area contributed by atoms with Gasteiger partial charge in [0.2, 0.25) is 0 Å². The molecule has 0 fully saturated rings. The Labute approximate surface area is 97.9 Å². The van der Waals surface area contributed by atoms with Crippen LogP contribution in [0.3, 0.4) is 0 Å². The Hall–Kier alpha value is -0.930. The van der Waals surface area contributed by atoms with E-state index in [2.05, 4.69) is 24.1 Å². The van der Waals surface area contributed by atoms with E-state index in [9.17, 15) is 5.11 Å². The monoisotopic (exact) mass is 222 g/mol. The summed E-state index contributed by atoms with van der Waals surface area (Å²) in [5.74, 6) is 0.608. The summed E-state index contributed by atoms with van der Waals surface area (Å²) in [5.41, 5.74) is 0.419. The molecule has 1 aromatic rings. The lowest BCUT2D eigenvalue weighted by Crippen LogP contribution is -2.40. The molecule has 0 saturated heterocycles. The van der Waals surface area contributed by atoms with Crippen LogP contribution in [-0.2, 0) is 6.42 Å². The minimum absolute atomic E-state index is 0.608. The summed E-state index contributed by atoms with van der Waals surface area (Å²) in [5, 5.41) is 13.5. The van der Waals surface area contributed by atoms with Crippen molar-refractivity contribution >= 4 is 0 Å². The van der Waals surface area contributed by atoms with Crippen LogP contribution in [-0.4, -0.2) is 28.8 Å². The number of pyridine rings is 1. The zero-order chi connectivity index (χ0) is 12.0. The summed E-state index contributed by atoms with van der Waals surface area (Å²) in [6.07, 6.45) is 4.17. The van der Waals surface area contributed by atoms with Gasteiger partial charge in [-0.2, -0.15) is 0 Å². The number of rotatable bonds is 6. The quantitative estimate of drug-likeness (QED) is 0.769. The van der Waals surface area contributed by atoms with E-state index in [1.54, 1.807) is 12.4 Å². The molecule has 1 heterocycles. The van der Waals surface area contributed by atoms with Crippen molar-refractivity contribution in [2.24, 2.45) is 5.92 Å². The number of hydrogen-bond acceptors (Lipinski definition) is 3. The fraction of sp³-hybridized carbons (Fsp3) is 0.615. The summed E-state index contributed by atoms with van der Waals surface area (Å²) in [6.45, 7) is 7.73. The lowest BCUT2D eigenvalue weighted by Gasteiger charge is -2.24. The van der Waals surface area contributed by atoms with E-state index in [0.717, 1.165) is 12.1 Å². The lowest BCUT2D eigenvalue weighted by molar-refractivity contribution is 0.0595. The van der Waals surface area contributed by atoms with Gasteiger partial charge in [0.1, 0.15) is 0 Å². The van der Waals surface area contributed by atoms with E-state index in [-0.39, 0.29) is 0 Å². The van der Waals surface area contributed by atoms with Crippen molar-refractivity contribution in [3.63, 3.8) is 0 Å². The van der Waals surface area contributed by atoms with Gasteiger partial charge in [0.05, 0.1) is 5.60 Å². The van der Waals surface area contributed by atoms with Crippen LogP contribution in [0.2, 0.25) is 0 Å². The number of hydrogen-bond donors (Lipinski definition) is 2. The fourth-order valence-electron chi connectivity index (χ4n) is 1.63. The maximum Gasteiger partial charge on any atom is 0.0783 e. The van der Waals surface area contributed by atoms with Gasteiger partial charge in [-0.05, 0) is 37.1 Å². The SMILES string of the molecule is CC(C)CNCC(C)(O)Cc1ccncc1. The second-order valence-corrected chi connectivity index (χ2v) is 5.05. The molecule has 0 aliphatic rings. The van der Waals surface area contributed by atoms with Crippen molar-refractivity contribution in [2.75, 3.05) is 13.1 Å². The molecule has 0 amide bonds. The van der Waals surface area contributed by atoms with Crippen molar-refractivity contribution < 1.29 is 5.11 Å². The predicted octanol–water partition coefficient (Wildman–Crippen LogP) is 1.62. The van der Waals surface area contributed by atoms with Gasteiger partial charge in [-0.3, -0.25) is 4.98 Å². The minimum Gasteiger partial charge on any atom is -0.389 e. The molecule has 0 bridgehead atoms. The molecule has 0 saturated carbocycles. The average Bonchev–Trinajstić information content (AvgIpc) is 2.17. The van der Waals surface area contributed by atoms with E-state index in [1.807, 2.05) is 19.1 Å². The molecule has 0 radical (unpaired) electrons. The van der Waals surface area contributed by atoms with Crippen molar-refractivity contribution in [1.82, 2.24) is 10.3 Å². The second kappa shape index (κ2) is 5.97. The van der Waals surface area contributed by atoms with Gasteiger partial charge in [0, 0.05) is 25.4 Å². The van der Waals surface area contributed by atoms with Gasteiger partial charge in [-0.1, -0.05) is 13.8 Å². The summed E-state index contributed by atoms with van der Waals surface area (Å²) in [6, 6.07) is 3.88. The highest BCUT2D eigenvalue weighted by Gasteiger charge is 2.20. The Morgan fingerprint density at radius 3 is 2.56 bits per heavy atom. The largest absolute Gasteiger partial charge is 0.389 e. The molecular formula is C13H22N2O. The topological polar surface area (TPSA) is 45.1 Å². The van der Waals surface area contributed by atoms with Crippen LogP contribution in [0.15, 0.2) is 24.5 Å².